The third-order valence-electron chi connectivity index (χ3n) is 3.77. The minimum Gasteiger partial charge on any atom is -0.496 e. The van der Waals surface area contributed by atoms with E-state index in [1.165, 1.54) is 16.7 Å². The van der Waals surface area contributed by atoms with Crippen molar-refractivity contribution in [3.05, 3.63) is 28.8 Å². The van der Waals surface area contributed by atoms with Crippen molar-refractivity contribution in [2.75, 3.05) is 13.7 Å². The molecule has 2 heteroatoms. The predicted octanol–water partition coefficient (Wildman–Crippen LogP) is 4.50. The highest BCUT2D eigenvalue weighted by molar-refractivity contribution is 5.48. The van der Waals surface area contributed by atoms with Crippen LogP contribution in [0.25, 0.3) is 0 Å². The van der Waals surface area contributed by atoms with E-state index in [2.05, 4.69) is 53.7 Å². The molecule has 0 atom stereocenters. The first kappa shape index (κ1) is 17.0. The third-order valence-corrected chi connectivity index (χ3v) is 3.77. The van der Waals surface area contributed by atoms with Gasteiger partial charge in [0.15, 0.2) is 0 Å². The summed E-state index contributed by atoms with van der Waals surface area (Å²) in [7, 11) is 1.75. The Labute approximate surface area is 124 Å². The van der Waals surface area contributed by atoms with Crippen LogP contribution in [-0.2, 0) is 6.42 Å². The lowest BCUT2D eigenvalue weighted by molar-refractivity contribution is 0.159. The molecule has 20 heavy (non-hydrogen) atoms. The lowest BCUT2D eigenvalue weighted by atomic mass is 9.83. The number of aliphatic hydroxyl groups is 1. The number of hydrogen-bond donors (Lipinski definition) is 1. The molecule has 0 amide bonds. The summed E-state index contributed by atoms with van der Waals surface area (Å²) in [4.78, 5) is 0. The van der Waals surface area contributed by atoms with E-state index < -0.39 is 0 Å². The summed E-state index contributed by atoms with van der Waals surface area (Å²) in [5, 5.41) is 9.49. The Morgan fingerprint density at radius 3 is 1.80 bits per heavy atom. The van der Waals surface area contributed by atoms with Crippen LogP contribution in [0.15, 0.2) is 12.1 Å². The van der Waals surface area contributed by atoms with E-state index in [0.717, 1.165) is 12.2 Å². The van der Waals surface area contributed by atoms with E-state index in [1.54, 1.807) is 7.11 Å². The van der Waals surface area contributed by atoms with Crippen molar-refractivity contribution < 1.29 is 9.84 Å². The Morgan fingerprint density at radius 2 is 1.50 bits per heavy atom. The van der Waals surface area contributed by atoms with Crippen molar-refractivity contribution >= 4 is 0 Å². The van der Waals surface area contributed by atoms with Crippen LogP contribution in [0.1, 0.15) is 70.1 Å². The summed E-state index contributed by atoms with van der Waals surface area (Å²) in [5.74, 6) is 1.89. The molecule has 0 saturated carbocycles. The third kappa shape index (κ3) is 3.99. The fraction of sp³-hybridized carbons (Fsp3) is 0.667. The number of hydrogen-bond acceptors (Lipinski definition) is 2. The average Bonchev–Trinajstić information content (AvgIpc) is 2.37. The van der Waals surface area contributed by atoms with Crippen LogP contribution >= 0.6 is 0 Å². The number of ether oxygens (including phenoxy) is 1. The maximum Gasteiger partial charge on any atom is 0.125 e. The molecule has 0 aliphatic heterocycles. The summed E-state index contributed by atoms with van der Waals surface area (Å²) in [6.07, 6.45) is 0.882. The molecular weight excluding hydrogens is 248 g/mol. The highest BCUT2D eigenvalue weighted by Crippen LogP contribution is 2.37. The average molecular weight is 278 g/mol. The fourth-order valence-electron chi connectivity index (χ4n) is 2.54. The van der Waals surface area contributed by atoms with Gasteiger partial charge in [0.2, 0.25) is 0 Å². The molecule has 0 bridgehead atoms. The zero-order valence-electron chi connectivity index (χ0n) is 14.1. The zero-order chi connectivity index (χ0) is 15.5. The first-order chi connectivity index (χ1) is 9.21. The first-order valence-corrected chi connectivity index (χ1v) is 7.53. The SMILES string of the molecule is COc1c(C(C)C)cc(CC(C)(C)CO)cc1C(C)C. The summed E-state index contributed by atoms with van der Waals surface area (Å²) < 4.78 is 5.66. The first-order valence-electron chi connectivity index (χ1n) is 7.53. The molecule has 1 aromatic rings. The van der Waals surface area contributed by atoms with E-state index in [-0.39, 0.29) is 12.0 Å². The van der Waals surface area contributed by atoms with Gasteiger partial charge in [0.25, 0.3) is 0 Å². The molecule has 0 heterocycles. The Hall–Kier alpha value is -1.02. The van der Waals surface area contributed by atoms with E-state index in [4.69, 9.17) is 4.74 Å². The summed E-state index contributed by atoms with van der Waals surface area (Å²) in [5.41, 5.74) is 3.74. The van der Waals surface area contributed by atoms with E-state index >= 15 is 0 Å². The quantitative estimate of drug-likeness (QED) is 0.830. The second-order valence-corrected chi connectivity index (χ2v) is 7.12. The van der Waals surface area contributed by atoms with E-state index in [9.17, 15) is 5.11 Å². The standard InChI is InChI=1S/C18H30O2/c1-12(2)15-8-14(10-18(5,6)11-19)9-16(13(3)4)17(15)20-7/h8-9,12-13,19H,10-11H2,1-7H3. The topological polar surface area (TPSA) is 29.5 Å². The second kappa shape index (κ2) is 6.62. The van der Waals surface area contributed by atoms with Crippen molar-refractivity contribution in [1.29, 1.82) is 0 Å². The Morgan fingerprint density at radius 1 is 1.05 bits per heavy atom. The normalized spacial score (nSPS) is 12.3. The minimum absolute atomic E-state index is 0.0862. The smallest absolute Gasteiger partial charge is 0.125 e. The maximum atomic E-state index is 9.49. The maximum absolute atomic E-state index is 9.49. The molecule has 1 rings (SSSR count). The lowest BCUT2D eigenvalue weighted by Crippen LogP contribution is -2.20. The number of benzene rings is 1. The molecule has 0 unspecified atom stereocenters. The van der Waals surface area contributed by atoms with Gasteiger partial charge in [0.1, 0.15) is 5.75 Å². The van der Waals surface area contributed by atoms with Crippen LogP contribution in [0.4, 0.5) is 0 Å². The highest BCUT2D eigenvalue weighted by Gasteiger charge is 2.21. The van der Waals surface area contributed by atoms with Gasteiger partial charge in [-0.25, -0.2) is 0 Å². The van der Waals surface area contributed by atoms with Crippen LogP contribution in [0.3, 0.4) is 0 Å². The Kier molecular flexibility index (Phi) is 5.64. The van der Waals surface area contributed by atoms with Crippen molar-refractivity contribution in [2.24, 2.45) is 5.41 Å². The molecule has 0 spiro atoms. The van der Waals surface area contributed by atoms with Gasteiger partial charge in [-0.1, -0.05) is 53.7 Å². The summed E-state index contributed by atoms with van der Waals surface area (Å²) in [6, 6.07) is 4.49. The van der Waals surface area contributed by atoms with Gasteiger partial charge in [-0.15, -0.1) is 0 Å². The molecule has 0 fully saturated rings. The Balaban J connectivity index is 3.34. The van der Waals surface area contributed by atoms with Crippen LogP contribution in [0.2, 0.25) is 0 Å². The molecule has 114 valence electrons. The van der Waals surface area contributed by atoms with Crippen molar-refractivity contribution in [1.82, 2.24) is 0 Å². The summed E-state index contributed by atoms with van der Waals surface area (Å²) >= 11 is 0. The molecule has 2 nitrogen and oxygen atoms in total. The largest absolute Gasteiger partial charge is 0.496 e. The molecule has 1 N–H and O–H groups in total. The van der Waals surface area contributed by atoms with Crippen molar-refractivity contribution in [2.45, 2.75) is 59.8 Å². The molecular formula is C18H30O2. The van der Waals surface area contributed by atoms with Crippen LogP contribution < -0.4 is 4.74 Å². The van der Waals surface area contributed by atoms with Gasteiger partial charge in [-0.05, 0) is 40.4 Å². The minimum atomic E-state index is -0.0862. The molecule has 0 radical (unpaired) electrons. The molecule has 0 aromatic heterocycles. The number of rotatable bonds is 6. The summed E-state index contributed by atoms with van der Waals surface area (Å²) in [6.45, 7) is 13.2. The van der Waals surface area contributed by atoms with Crippen molar-refractivity contribution in [3.8, 4) is 5.75 Å². The zero-order valence-corrected chi connectivity index (χ0v) is 14.1. The lowest BCUT2D eigenvalue weighted by Gasteiger charge is -2.25. The van der Waals surface area contributed by atoms with E-state index in [0.29, 0.717) is 11.8 Å². The predicted molar refractivity (Wildman–Crippen MR) is 85.7 cm³/mol. The van der Waals surface area contributed by atoms with E-state index in [1.807, 2.05) is 0 Å². The van der Waals surface area contributed by atoms with Crippen LogP contribution in [0.5, 0.6) is 5.75 Å². The van der Waals surface area contributed by atoms with Crippen molar-refractivity contribution in [3.63, 3.8) is 0 Å². The van der Waals surface area contributed by atoms with Gasteiger partial charge in [0.05, 0.1) is 7.11 Å². The molecule has 0 aliphatic rings. The highest BCUT2D eigenvalue weighted by atomic mass is 16.5. The molecule has 1 aromatic carbocycles. The monoisotopic (exact) mass is 278 g/mol. The molecule has 0 aliphatic carbocycles. The second-order valence-electron chi connectivity index (χ2n) is 7.12. The van der Waals surface area contributed by atoms with Crippen LogP contribution in [-0.4, -0.2) is 18.8 Å². The number of aliphatic hydroxyl groups excluding tert-OH is 1. The van der Waals surface area contributed by atoms with Crippen LogP contribution in [0, 0.1) is 5.41 Å². The van der Waals surface area contributed by atoms with Gasteiger partial charge >= 0.3 is 0 Å². The number of methoxy groups -OCH3 is 1. The van der Waals surface area contributed by atoms with Gasteiger partial charge in [-0.2, -0.15) is 0 Å². The van der Waals surface area contributed by atoms with Gasteiger partial charge in [0, 0.05) is 6.61 Å². The fourth-order valence-corrected chi connectivity index (χ4v) is 2.54. The van der Waals surface area contributed by atoms with Gasteiger partial charge in [-0.3, -0.25) is 0 Å². The van der Waals surface area contributed by atoms with Gasteiger partial charge < -0.3 is 9.84 Å². The Bertz CT molecular complexity index is 416. The molecule has 0 saturated heterocycles.